The molecule has 3 atom stereocenters. The van der Waals surface area contributed by atoms with Crippen molar-refractivity contribution in [3.8, 4) is 0 Å². The van der Waals surface area contributed by atoms with E-state index in [1.165, 1.54) is 13.8 Å². The Morgan fingerprint density at radius 3 is 1.28 bits per heavy atom. The molecule has 3 fully saturated rings. The fourth-order valence-corrected chi connectivity index (χ4v) is 2.76. The first kappa shape index (κ1) is 45.2. The molecule has 0 aromatic heterocycles. The van der Waals surface area contributed by atoms with Crippen molar-refractivity contribution in [3.63, 3.8) is 0 Å². The van der Waals surface area contributed by atoms with Crippen LogP contribution in [0.1, 0.15) is 20.8 Å². The van der Waals surface area contributed by atoms with Gasteiger partial charge >= 0.3 is 54.8 Å². The highest BCUT2D eigenvalue weighted by molar-refractivity contribution is 6.32. The van der Waals surface area contributed by atoms with Gasteiger partial charge in [0, 0.05) is 18.1 Å². The maximum atomic E-state index is 11.1. The molecule has 3 heterocycles. The number of esters is 3. The van der Waals surface area contributed by atoms with Crippen LogP contribution in [0.25, 0.3) is 0 Å². The molecule has 0 spiro atoms. The number of cyclic esters (lactones) is 6. The van der Waals surface area contributed by atoms with E-state index in [-0.39, 0.29) is 50.7 Å². The van der Waals surface area contributed by atoms with Crippen LogP contribution in [0.3, 0.4) is 0 Å². The SMILES string of the molecule is C=C(C)C(=O)OCOC(=O)NCC1COC(=O)O1.C=C(C)C(=O)OCOC(=O)OCC1COC(=O)O1.CC(=O)C(=O)OCOC(=O)OCC1COC(=O)O1. The van der Waals surface area contributed by atoms with Gasteiger partial charge in [0.25, 0.3) is 0 Å². The molecule has 300 valence electrons. The highest BCUT2D eigenvalue weighted by Gasteiger charge is 2.28. The van der Waals surface area contributed by atoms with Crippen LogP contribution in [0.5, 0.6) is 0 Å². The van der Waals surface area contributed by atoms with E-state index in [0.29, 0.717) is 0 Å². The summed E-state index contributed by atoms with van der Waals surface area (Å²) in [5.74, 6) is -3.27. The van der Waals surface area contributed by atoms with Crippen molar-refractivity contribution in [2.24, 2.45) is 0 Å². The van der Waals surface area contributed by atoms with Gasteiger partial charge in [-0.3, -0.25) is 4.79 Å². The summed E-state index contributed by atoms with van der Waals surface area (Å²) in [5, 5.41) is 2.32. The first-order valence-corrected chi connectivity index (χ1v) is 14.8. The number of Topliss-reactive ketones (excluding diaryl/α,β-unsaturated/α-hetero) is 1. The van der Waals surface area contributed by atoms with Crippen LogP contribution in [0.4, 0.5) is 28.8 Å². The smallest absolute Gasteiger partial charge is 0.430 e. The molecule has 0 bridgehead atoms. The molecule has 25 heteroatoms. The minimum Gasteiger partial charge on any atom is -0.430 e. The van der Waals surface area contributed by atoms with Gasteiger partial charge in [0.05, 0.1) is 6.54 Å². The molecule has 3 unspecified atom stereocenters. The number of hydrogen-bond acceptors (Lipinski definition) is 24. The molecule has 1 N–H and O–H groups in total. The van der Waals surface area contributed by atoms with Crippen LogP contribution in [0, 0.1) is 0 Å². The summed E-state index contributed by atoms with van der Waals surface area (Å²) in [6.07, 6.45) is -7.28. The molecule has 0 radical (unpaired) electrons. The standard InChI is InChI=1S/C10H13NO7.C10H12O8.C9H10O9/c1-6(2)8(12)16-5-17-9(13)11-3-7-4-15-10(14)18-7;1-6(2)8(11)16-5-17-9(12)14-3-7-4-15-10(13)18-7;1-5(10)7(11)16-4-17-8(12)14-2-6-3-15-9(13)18-6/h7H,1,3-5H2,2H3,(H,11,13);7H,1,3-5H2,2H3;6H,2-4H2,1H3. The number of ketones is 1. The lowest BCUT2D eigenvalue weighted by molar-refractivity contribution is -0.160. The first-order valence-electron chi connectivity index (χ1n) is 14.8. The average Bonchev–Trinajstić information content (AvgIpc) is 3.86. The monoisotopic (exact) mass is 781 g/mol. The van der Waals surface area contributed by atoms with Crippen molar-refractivity contribution in [3.05, 3.63) is 24.3 Å². The molecule has 25 nitrogen and oxygen atoms in total. The van der Waals surface area contributed by atoms with E-state index < -0.39 is 99.3 Å². The minimum absolute atomic E-state index is 0.0107. The van der Waals surface area contributed by atoms with Gasteiger partial charge in [-0.05, 0) is 13.8 Å². The predicted molar refractivity (Wildman–Crippen MR) is 161 cm³/mol. The van der Waals surface area contributed by atoms with E-state index in [9.17, 15) is 47.9 Å². The third-order valence-corrected chi connectivity index (χ3v) is 5.30. The van der Waals surface area contributed by atoms with Crippen LogP contribution >= 0.6 is 0 Å². The average molecular weight is 782 g/mol. The molecule has 0 aliphatic carbocycles. The molecule has 3 saturated heterocycles. The Morgan fingerprint density at radius 2 is 0.926 bits per heavy atom. The lowest BCUT2D eigenvalue weighted by Gasteiger charge is -2.09. The van der Waals surface area contributed by atoms with Crippen molar-refractivity contribution in [1.82, 2.24) is 5.32 Å². The molecule has 0 aromatic carbocycles. The van der Waals surface area contributed by atoms with Gasteiger partial charge in [-0.1, -0.05) is 13.2 Å². The van der Waals surface area contributed by atoms with Crippen molar-refractivity contribution < 1.29 is 114 Å². The molecule has 1 amide bonds. The number of rotatable bonds is 15. The zero-order chi connectivity index (χ0) is 40.6. The summed E-state index contributed by atoms with van der Waals surface area (Å²) in [5.41, 5.74) is 0.385. The van der Waals surface area contributed by atoms with E-state index in [2.05, 4.69) is 84.8 Å². The summed E-state index contributed by atoms with van der Waals surface area (Å²) >= 11 is 0. The van der Waals surface area contributed by atoms with E-state index in [1.54, 1.807) is 0 Å². The summed E-state index contributed by atoms with van der Waals surface area (Å²) in [6.45, 7) is 8.47. The Morgan fingerprint density at radius 1 is 0.556 bits per heavy atom. The predicted octanol–water partition coefficient (Wildman–Crippen LogP) is 0.841. The maximum Gasteiger partial charge on any atom is 0.511 e. The number of amides is 1. The van der Waals surface area contributed by atoms with Gasteiger partial charge in [-0.15, -0.1) is 0 Å². The maximum absolute atomic E-state index is 11.1. The Bertz CT molecular complexity index is 1260. The van der Waals surface area contributed by atoms with Crippen molar-refractivity contribution in [2.45, 2.75) is 39.1 Å². The van der Waals surface area contributed by atoms with Gasteiger partial charge in [0.15, 0.2) is 18.3 Å². The lowest BCUT2D eigenvalue weighted by Crippen LogP contribution is -2.34. The van der Waals surface area contributed by atoms with Gasteiger partial charge in [-0.25, -0.2) is 43.2 Å². The topological polar surface area (TPSA) is 312 Å². The van der Waals surface area contributed by atoms with Crippen LogP contribution in [0.15, 0.2) is 24.3 Å². The molecule has 54 heavy (non-hydrogen) atoms. The van der Waals surface area contributed by atoms with E-state index in [4.69, 9.17) is 0 Å². The second-order valence-electron chi connectivity index (χ2n) is 9.89. The van der Waals surface area contributed by atoms with Gasteiger partial charge in [-0.2, -0.15) is 0 Å². The fraction of sp³-hybridized carbons (Fsp3) is 0.517. The van der Waals surface area contributed by atoms with Crippen molar-refractivity contribution >= 4 is 60.6 Å². The first-order chi connectivity index (χ1) is 25.5. The Hall–Kier alpha value is -6.82. The van der Waals surface area contributed by atoms with Crippen molar-refractivity contribution in [2.75, 3.05) is 60.0 Å². The molecule has 3 aliphatic heterocycles. The van der Waals surface area contributed by atoms with Crippen LogP contribution in [-0.4, -0.2) is 139 Å². The fourth-order valence-electron chi connectivity index (χ4n) is 2.76. The summed E-state index contributed by atoms with van der Waals surface area (Å²) in [4.78, 5) is 108. The Balaban J connectivity index is 0.000000405. The highest BCUT2D eigenvalue weighted by Crippen LogP contribution is 2.08. The van der Waals surface area contributed by atoms with Gasteiger partial charge in [0.1, 0.15) is 33.0 Å². The third kappa shape index (κ3) is 20.8. The molecular weight excluding hydrogens is 746 g/mol. The van der Waals surface area contributed by atoms with E-state index in [0.717, 1.165) is 6.92 Å². The van der Waals surface area contributed by atoms with Gasteiger partial charge < -0.3 is 71.6 Å². The number of nitrogens with one attached hydrogen (secondary N) is 1. The van der Waals surface area contributed by atoms with Crippen LogP contribution < -0.4 is 5.32 Å². The zero-order valence-corrected chi connectivity index (χ0v) is 28.8. The van der Waals surface area contributed by atoms with Gasteiger partial charge in [0.2, 0.25) is 26.2 Å². The van der Waals surface area contributed by atoms with Crippen LogP contribution in [-0.2, 0) is 85.5 Å². The van der Waals surface area contributed by atoms with E-state index in [1.807, 2.05) is 0 Å². The quantitative estimate of drug-likeness (QED) is 0.0791. The molecule has 0 saturated carbocycles. The number of ether oxygens (including phenoxy) is 14. The molecular formula is C29H35NO24. The Kier molecular flexibility index (Phi) is 20.4. The third-order valence-electron chi connectivity index (χ3n) is 5.30. The molecule has 3 rings (SSSR count). The number of alkyl carbamates (subject to hydrolysis) is 1. The Labute approximate surface area is 303 Å². The number of carbonyl (C=O) groups is 10. The summed E-state index contributed by atoms with van der Waals surface area (Å²) in [7, 11) is 0. The van der Waals surface area contributed by atoms with Crippen LogP contribution in [0.2, 0.25) is 0 Å². The second-order valence-corrected chi connectivity index (χ2v) is 9.89. The summed E-state index contributed by atoms with van der Waals surface area (Å²) < 4.78 is 62.9. The second kappa shape index (κ2) is 24.4. The number of hydrogen-bond donors (Lipinski definition) is 1. The molecule has 3 aliphatic rings. The van der Waals surface area contributed by atoms with E-state index >= 15 is 0 Å². The lowest BCUT2D eigenvalue weighted by atomic mass is 10.4. The minimum atomic E-state index is -1.13. The molecule has 0 aromatic rings. The largest absolute Gasteiger partial charge is 0.511 e. The number of carbonyl (C=O) groups excluding carboxylic acids is 10. The van der Waals surface area contributed by atoms with Crippen molar-refractivity contribution in [1.29, 1.82) is 0 Å². The normalized spacial score (nSPS) is 17.4. The summed E-state index contributed by atoms with van der Waals surface area (Å²) in [6, 6.07) is 0. The highest BCUT2D eigenvalue weighted by atomic mass is 16.8. The zero-order valence-electron chi connectivity index (χ0n) is 28.8.